The van der Waals surface area contributed by atoms with Gasteiger partial charge in [-0.25, -0.2) is 14.6 Å². The van der Waals surface area contributed by atoms with Gasteiger partial charge < -0.3 is 14.2 Å². The Balaban J connectivity index is 1.56. The van der Waals surface area contributed by atoms with Gasteiger partial charge in [-0.2, -0.15) is 0 Å². The maximum absolute atomic E-state index is 12.7. The second kappa shape index (κ2) is 9.99. The lowest BCUT2D eigenvalue weighted by atomic mass is 10.1. The molecular weight excluding hydrogens is 436 g/mol. The van der Waals surface area contributed by atoms with Crippen LogP contribution in [0.15, 0.2) is 72.8 Å². The van der Waals surface area contributed by atoms with E-state index in [0.717, 1.165) is 16.7 Å². The molecule has 4 aromatic rings. The highest BCUT2D eigenvalue weighted by Crippen LogP contribution is 2.23. The summed E-state index contributed by atoms with van der Waals surface area (Å²) < 4.78 is 16.9. The van der Waals surface area contributed by atoms with Gasteiger partial charge in [0.2, 0.25) is 0 Å². The number of imidazole rings is 1. The molecule has 4 rings (SSSR count). The maximum atomic E-state index is 12.7. The van der Waals surface area contributed by atoms with Crippen molar-refractivity contribution < 1.29 is 28.6 Å². The van der Waals surface area contributed by atoms with Gasteiger partial charge in [0, 0.05) is 12.1 Å². The molecule has 8 nitrogen and oxygen atoms in total. The summed E-state index contributed by atoms with van der Waals surface area (Å²) in [5.41, 5.74) is 2.83. The number of fused-ring (bicyclic) bond motifs is 1. The Kier molecular flexibility index (Phi) is 6.68. The molecule has 0 spiro atoms. The van der Waals surface area contributed by atoms with E-state index in [9.17, 15) is 14.4 Å². The third-order valence-electron chi connectivity index (χ3n) is 5.18. The Hall–Kier alpha value is -4.46. The third kappa shape index (κ3) is 4.80. The normalized spacial score (nSPS) is 10.6. The van der Waals surface area contributed by atoms with Crippen LogP contribution in [0.5, 0.6) is 5.75 Å². The summed E-state index contributed by atoms with van der Waals surface area (Å²) in [6.07, 6.45) is 0.356. The minimum absolute atomic E-state index is 0.0339. The number of nitrogens with zero attached hydrogens (tertiary/aromatic N) is 2. The quantitative estimate of drug-likeness (QED) is 0.303. The number of para-hydroxylation sites is 3. The highest BCUT2D eigenvalue weighted by Gasteiger charge is 2.18. The standard InChI is InChI=1S/C26H22N2O6/c1-32-25(30)17-14-18(26(31)33-2)16-20(15-17)34-24(29)13-12-23-27-21-10-6-7-11-22(21)28(23)19-8-4-3-5-9-19/h3-11,14-16H,12-13H2,1-2H3. The van der Waals surface area contributed by atoms with E-state index in [2.05, 4.69) is 0 Å². The van der Waals surface area contributed by atoms with Gasteiger partial charge in [-0.1, -0.05) is 30.3 Å². The molecule has 0 aliphatic carbocycles. The number of methoxy groups -OCH3 is 2. The van der Waals surface area contributed by atoms with Crippen LogP contribution in [0, 0.1) is 0 Å². The Morgan fingerprint density at radius 1 is 0.824 bits per heavy atom. The number of hydrogen-bond donors (Lipinski definition) is 0. The topological polar surface area (TPSA) is 96.7 Å². The van der Waals surface area contributed by atoms with Crippen LogP contribution >= 0.6 is 0 Å². The first-order valence-corrected chi connectivity index (χ1v) is 10.5. The average Bonchev–Trinajstić information content (AvgIpc) is 3.25. The van der Waals surface area contributed by atoms with Gasteiger partial charge >= 0.3 is 17.9 Å². The van der Waals surface area contributed by atoms with Crippen molar-refractivity contribution in [1.82, 2.24) is 9.55 Å². The van der Waals surface area contributed by atoms with Crippen LogP contribution in [0.4, 0.5) is 0 Å². The first-order valence-electron chi connectivity index (χ1n) is 10.5. The summed E-state index contributed by atoms with van der Waals surface area (Å²) in [6.45, 7) is 0. The summed E-state index contributed by atoms with van der Waals surface area (Å²) in [4.78, 5) is 41.3. The van der Waals surface area contributed by atoms with E-state index in [0.29, 0.717) is 12.2 Å². The molecule has 0 aliphatic rings. The van der Waals surface area contributed by atoms with Crippen LogP contribution in [0.25, 0.3) is 16.7 Å². The van der Waals surface area contributed by atoms with Gasteiger partial charge in [-0.15, -0.1) is 0 Å². The molecule has 0 saturated carbocycles. The van der Waals surface area contributed by atoms with Gasteiger partial charge in [-0.05, 0) is 42.5 Å². The molecule has 0 aliphatic heterocycles. The molecule has 0 atom stereocenters. The number of carbonyl (C=O) groups excluding carboxylic acids is 3. The smallest absolute Gasteiger partial charge is 0.338 e. The van der Waals surface area contributed by atoms with E-state index >= 15 is 0 Å². The van der Waals surface area contributed by atoms with Crippen molar-refractivity contribution in [2.45, 2.75) is 12.8 Å². The molecule has 8 heteroatoms. The monoisotopic (exact) mass is 458 g/mol. The van der Waals surface area contributed by atoms with Crippen LogP contribution in [-0.2, 0) is 20.7 Å². The van der Waals surface area contributed by atoms with E-state index < -0.39 is 17.9 Å². The maximum Gasteiger partial charge on any atom is 0.338 e. The molecule has 3 aromatic carbocycles. The molecule has 34 heavy (non-hydrogen) atoms. The van der Waals surface area contributed by atoms with Crippen molar-refractivity contribution in [3.05, 3.63) is 89.7 Å². The number of ether oxygens (including phenoxy) is 3. The minimum Gasteiger partial charge on any atom is -0.465 e. The molecule has 0 amide bonds. The minimum atomic E-state index is -0.667. The van der Waals surface area contributed by atoms with E-state index in [1.807, 2.05) is 59.2 Å². The van der Waals surface area contributed by atoms with Gasteiger partial charge in [0.25, 0.3) is 0 Å². The summed E-state index contributed by atoms with van der Waals surface area (Å²) in [6, 6.07) is 21.5. The fourth-order valence-corrected chi connectivity index (χ4v) is 3.63. The summed E-state index contributed by atoms with van der Waals surface area (Å²) >= 11 is 0. The van der Waals surface area contributed by atoms with Crippen molar-refractivity contribution in [3.8, 4) is 11.4 Å². The number of esters is 3. The summed E-state index contributed by atoms with van der Waals surface area (Å²) in [5.74, 6) is -1.11. The third-order valence-corrected chi connectivity index (χ3v) is 5.18. The average molecular weight is 458 g/mol. The SMILES string of the molecule is COC(=O)c1cc(OC(=O)CCc2nc3ccccc3n2-c2ccccc2)cc(C(=O)OC)c1. The van der Waals surface area contributed by atoms with E-state index in [1.54, 1.807) is 0 Å². The molecule has 172 valence electrons. The molecule has 0 bridgehead atoms. The fourth-order valence-electron chi connectivity index (χ4n) is 3.63. The Labute approximate surface area is 195 Å². The molecule has 0 saturated heterocycles. The molecule has 1 heterocycles. The summed E-state index contributed by atoms with van der Waals surface area (Å²) in [5, 5.41) is 0. The zero-order chi connectivity index (χ0) is 24.1. The van der Waals surface area contributed by atoms with Crippen LogP contribution < -0.4 is 4.74 Å². The van der Waals surface area contributed by atoms with Gasteiger partial charge in [0.05, 0.1) is 42.8 Å². The van der Waals surface area contributed by atoms with Crippen molar-refractivity contribution in [1.29, 1.82) is 0 Å². The highest BCUT2D eigenvalue weighted by atomic mass is 16.5. The summed E-state index contributed by atoms with van der Waals surface area (Å²) in [7, 11) is 2.44. The second-order valence-corrected chi connectivity index (χ2v) is 7.39. The molecule has 0 N–H and O–H groups in total. The first-order chi connectivity index (χ1) is 16.5. The number of aromatic nitrogens is 2. The first kappa shape index (κ1) is 22.7. The lowest BCUT2D eigenvalue weighted by molar-refractivity contribution is -0.134. The number of hydrogen-bond acceptors (Lipinski definition) is 7. The highest BCUT2D eigenvalue weighted by molar-refractivity contribution is 5.96. The Bertz CT molecular complexity index is 1330. The number of aryl methyl sites for hydroxylation is 1. The zero-order valence-corrected chi connectivity index (χ0v) is 18.7. The molecule has 1 aromatic heterocycles. The fraction of sp³-hybridized carbons (Fsp3) is 0.154. The van der Waals surface area contributed by atoms with Crippen molar-refractivity contribution in [3.63, 3.8) is 0 Å². The van der Waals surface area contributed by atoms with Crippen LogP contribution in [-0.4, -0.2) is 41.7 Å². The van der Waals surface area contributed by atoms with E-state index in [-0.39, 0.29) is 23.3 Å². The predicted molar refractivity (Wildman–Crippen MR) is 124 cm³/mol. The lowest BCUT2D eigenvalue weighted by Crippen LogP contribution is -2.13. The number of carbonyl (C=O) groups is 3. The number of rotatable bonds is 7. The van der Waals surface area contributed by atoms with Crippen molar-refractivity contribution in [2.24, 2.45) is 0 Å². The molecule has 0 unspecified atom stereocenters. The largest absolute Gasteiger partial charge is 0.465 e. The van der Waals surface area contributed by atoms with Crippen LogP contribution in [0.3, 0.4) is 0 Å². The van der Waals surface area contributed by atoms with Crippen LogP contribution in [0.1, 0.15) is 33.0 Å². The zero-order valence-electron chi connectivity index (χ0n) is 18.7. The molecular formula is C26H22N2O6. The molecule has 0 fully saturated rings. The van der Waals surface area contributed by atoms with E-state index in [4.69, 9.17) is 19.2 Å². The van der Waals surface area contributed by atoms with Gasteiger partial charge in [0.15, 0.2) is 0 Å². The van der Waals surface area contributed by atoms with Gasteiger partial charge in [-0.3, -0.25) is 9.36 Å². The number of benzene rings is 3. The Morgan fingerprint density at radius 3 is 2.09 bits per heavy atom. The second-order valence-electron chi connectivity index (χ2n) is 7.39. The predicted octanol–water partition coefficient (Wildman–Crippen LogP) is 4.14. The van der Waals surface area contributed by atoms with E-state index in [1.165, 1.54) is 32.4 Å². The van der Waals surface area contributed by atoms with Crippen molar-refractivity contribution in [2.75, 3.05) is 14.2 Å². The van der Waals surface area contributed by atoms with Crippen molar-refractivity contribution >= 4 is 28.9 Å². The van der Waals surface area contributed by atoms with Crippen LogP contribution in [0.2, 0.25) is 0 Å². The Morgan fingerprint density at radius 2 is 1.44 bits per heavy atom. The molecule has 0 radical (unpaired) electrons. The lowest BCUT2D eigenvalue weighted by Gasteiger charge is -2.10. The van der Waals surface area contributed by atoms with Gasteiger partial charge in [0.1, 0.15) is 11.6 Å².